The SMILES string of the molecule is CC(C)(C)OC(=O)N1CC2CC(CN)OC2C1. The van der Waals surface area contributed by atoms with E-state index >= 15 is 0 Å². The summed E-state index contributed by atoms with van der Waals surface area (Å²) in [5.74, 6) is 0.427. The van der Waals surface area contributed by atoms with Crippen LogP contribution >= 0.6 is 0 Å². The lowest BCUT2D eigenvalue weighted by Gasteiger charge is -2.25. The first-order valence-corrected chi connectivity index (χ1v) is 6.22. The lowest BCUT2D eigenvalue weighted by atomic mass is 10.0. The quantitative estimate of drug-likeness (QED) is 0.744. The molecule has 5 heteroatoms. The van der Waals surface area contributed by atoms with Crippen molar-refractivity contribution in [3.8, 4) is 0 Å². The second kappa shape index (κ2) is 4.46. The third kappa shape index (κ3) is 2.90. The standard InChI is InChI=1S/C12H22N2O3/c1-12(2,3)17-11(15)14-6-8-4-9(5-13)16-10(8)7-14/h8-10H,4-7,13H2,1-3H3. The number of ether oxygens (including phenoxy) is 2. The maximum atomic E-state index is 11.9. The second-order valence-corrected chi connectivity index (χ2v) is 5.91. The molecule has 0 bridgehead atoms. The fraction of sp³-hybridized carbons (Fsp3) is 0.917. The zero-order chi connectivity index (χ0) is 12.6. The maximum Gasteiger partial charge on any atom is 0.410 e. The van der Waals surface area contributed by atoms with Crippen LogP contribution in [0.1, 0.15) is 27.2 Å². The van der Waals surface area contributed by atoms with Crippen molar-refractivity contribution in [3.05, 3.63) is 0 Å². The number of rotatable bonds is 1. The van der Waals surface area contributed by atoms with Gasteiger partial charge in [0.25, 0.3) is 0 Å². The van der Waals surface area contributed by atoms with Gasteiger partial charge < -0.3 is 20.1 Å². The van der Waals surface area contributed by atoms with E-state index in [1.807, 2.05) is 20.8 Å². The summed E-state index contributed by atoms with van der Waals surface area (Å²) < 4.78 is 11.1. The molecule has 2 saturated heterocycles. The Morgan fingerprint density at radius 2 is 2.18 bits per heavy atom. The minimum Gasteiger partial charge on any atom is -0.444 e. The van der Waals surface area contributed by atoms with Gasteiger partial charge in [-0.3, -0.25) is 0 Å². The molecule has 0 spiro atoms. The molecule has 1 amide bonds. The van der Waals surface area contributed by atoms with Crippen molar-refractivity contribution >= 4 is 6.09 Å². The molecule has 0 saturated carbocycles. The summed E-state index contributed by atoms with van der Waals surface area (Å²) in [7, 11) is 0. The Balaban J connectivity index is 1.86. The molecule has 98 valence electrons. The van der Waals surface area contributed by atoms with Crippen molar-refractivity contribution in [1.82, 2.24) is 4.90 Å². The largest absolute Gasteiger partial charge is 0.444 e. The van der Waals surface area contributed by atoms with E-state index in [9.17, 15) is 4.79 Å². The molecule has 0 aromatic heterocycles. The van der Waals surface area contributed by atoms with Gasteiger partial charge in [-0.05, 0) is 27.2 Å². The Labute approximate surface area is 102 Å². The number of hydrogen-bond acceptors (Lipinski definition) is 4. The van der Waals surface area contributed by atoms with Crippen LogP contribution in [-0.4, -0.2) is 48.4 Å². The number of carbonyl (C=O) groups is 1. The van der Waals surface area contributed by atoms with Gasteiger partial charge in [0, 0.05) is 19.0 Å². The van der Waals surface area contributed by atoms with Gasteiger partial charge in [-0.25, -0.2) is 4.79 Å². The number of nitrogens with zero attached hydrogens (tertiary/aromatic N) is 1. The highest BCUT2D eigenvalue weighted by Gasteiger charge is 2.43. The van der Waals surface area contributed by atoms with Crippen LogP contribution in [0, 0.1) is 5.92 Å². The Morgan fingerprint density at radius 3 is 2.71 bits per heavy atom. The van der Waals surface area contributed by atoms with E-state index in [2.05, 4.69) is 0 Å². The van der Waals surface area contributed by atoms with Crippen molar-refractivity contribution in [2.24, 2.45) is 11.7 Å². The number of carbonyl (C=O) groups excluding carboxylic acids is 1. The zero-order valence-electron chi connectivity index (χ0n) is 10.8. The van der Waals surface area contributed by atoms with Crippen molar-refractivity contribution in [2.75, 3.05) is 19.6 Å². The Morgan fingerprint density at radius 1 is 1.47 bits per heavy atom. The molecule has 2 aliphatic rings. The highest BCUT2D eigenvalue weighted by Crippen LogP contribution is 2.33. The first-order chi connectivity index (χ1) is 7.89. The highest BCUT2D eigenvalue weighted by molar-refractivity contribution is 5.68. The number of hydrogen-bond donors (Lipinski definition) is 1. The molecule has 0 aromatic rings. The average molecular weight is 242 g/mol. The van der Waals surface area contributed by atoms with Crippen molar-refractivity contribution < 1.29 is 14.3 Å². The predicted molar refractivity (Wildman–Crippen MR) is 63.6 cm³/mol. The molecule has 2 aliphatic heterocycles. The number of fused-ring (bicyclic) bond motifs is 1. The van der Waals surface area contributed by atoms with E-state index in [1.54, 1.807) is 4.90 Å². The monoisotopic (exact) mass is 242 g/mol. The fourth-order valence-corrected chi connectivity index (χ4v) is 2.49. The first kappa shape index (κ1) is 12.6. The molecule has 2 heterocycles. The van der Waals surface area contributed by atoms with Gasteiger partial charge in [-0.2, -0.15) is 0 Å². The zero-order valence-corrected chi connectivity index (χ0v) is 10.8. The van der Waals surface area contributed by atoms with Crippen LogP contribution in [0.4, 0.5) is 4.79 Å². The third-order valence-corrected chi connectivity index (χ3v) is 3.23. The Hall–Kier alpha value is -0.810. The summed E-state index contributed by atoms with van der Waals surface area (Å²) in [5, 5.41) is 0. The van der Waals surface area contributed by atoms with Gasteiger partial charge in [0.05, 0.1) is 18.8 Å². The summed E-state index contributed by atoms with van der Waals surface area (Å²) in [5.41, 5.74) is 5.15. The van der Waals surface area contributed by atoms with E-state index in [0.29, 0.717) is 19.0 Å². The van der Waals surface area contributed by atoms with Crippen molar-refractivity contribution in [2.45, 2.75) is 45.0 Å². The van der Waals surface area contributed by atoms with Crippen LogP contribution in [-0.2, 0) is 9.47 Å². The van der Waals surface area contributed by atoms with Crippen LogP contribution in [0.3, 0.4) is 0 Å². The molecule has 2 N–H and O–H groups in total. The van der Waals surface area contributed by atoms with E-state index in [1.165, 1.54) is 0 Å². The maximum absolute atomic E-state index is 11.9. The molecule has 0 aromatic carbocycles. The number of likely N-dealkylation sites (tertiary alicyclic amines) is 1. The third-order valence-electron chi connectivity index (χ3n) is 3.23. The molecule has 0 radical (unpaired) electrons. The van der Waals surface area contributed by atoms with E-state index < -0.39 is 5.60 Å². The summed E-state index contributed by atoms with van der Waals surface area (Å²) in [6.45, 7) is 7.57. The normalized spacial score (nSPS) is 32.7. The van der Waals surface area contributed by atoms with E-state index in [4.69, 9.17) is 15.2 Å². The van der Waals surface area contributed by atoms with E-state index in [0.717, 1.165) is 13.0 Å². The molecule has 2 fully saturated rings. The average Bonchev–Trinajstić information content (AvgIpc) is 2.70. The van der Waals surface area contributed by atoms with Gasteiger partial charge >= 0.3 is 6.09 Å². The minimum atomic E-state index is -0.435. The van der Waals surface area contributed by atoms with Gasteiger partial charge in [0.1, 0.15) is 5.60 Å². The van der Waals surface area contributed by atoms with Crippen molar-refractivity contribution in [1.29, 1.82) is 0 Å². The summed E-state index contributed by atoms with van der Waals surface area (Å²) in [6.07, 6.45) is 1.04. The van der Waals surface area contributed by atoms with Gasteiger partial charge in [-0.1, -0.05) is 0 Å². The van der Waals surface area contributed by atoms with Gasteiger partial charge in [-0.15, -0.1) is 0 Å². The molecule has 2 rings (SSSR count). The topological polar surface area (TPSA) is 64.8 Å². The molecule has 3 atom stereocenters. The predicted octanol–water partition coefficient (Wildman–Crippen LogP) is 0.969. The van der Waals surface area contributed by atoms with Gasteiger partial charge in [0.15, 0.2) is 0 Å². The summed E-state index contributed by atoms with van der Waals surface area (Å²) >= 11 is 0. The Bertz CT molecular complexity index is 287. The molecule has 17 heavy (non-hydrogen) atoms. The molecule has 5 nitrogen and oxygen atoms in total. The minimum absolute atomic E-state index is 0.149. The smallest absolute Gasteiger partial charge is 0.410 e. The molecular weight excluding hydrogens is 220 g/mol. The molecule has 3 unspecified atom stereocenters. The molecule has 0 aliphatic carbocycles. The lowest BCUT2D eigenvalue weighted by Crippen LogP contribution is -2.37. The van der Waals surface area contributed by atoms with Crippen molar-refractivity contribution in [3.63, 3.8) is 0 Å². The highest BCUT2D eigenvalue weighted by atomic mass is 16.6. The van der Waals surface area contributed by atoms with E-state index in [-0.39, 0.29) is 18.3 Å². The van der Waals surface area contributed by atoms with Crippen LogP contribution < -0.4 is 5.73 Å². The van der Waals surface area contributed by atoms with Crippen LogP contribution in [0.5, 0.6) is 0 Å². The Kier molecular flexibility index (Phi) is 3.32. The van der Waals surface area contributed by atoms with Crippen LogP contribution in [0.15, 0.2) is 0 Å². The second-order valence-electron chi connectivity index (χ2n) is 5.91. The van der Waals surface area contributed by atoms with Crippen LogP contribution in [0.25, 0.3) is 0 Å². The first-order valence-electron chi connectivity index (χ1n) is 6.22. The number of nitrogens with two attached hydrogens (primary N) is 1. The van der Waals surface area contributed by atoms with Gasteiger partial charge in [0.2, 0.25) is 0 Å². The lowest BCUT2D eigenvalue weighted by molar-refractivity contribution is 0.0149. The summed E-state index contributed by atoms with van der Waals surface area (Å²) in [4.78, 5) is 13.6. The molecular formula is C12H22N2O3. The fourth-order valence-electron chi connectivity index (χ4n) is 2.49. The summed E-state index contributed by atoms with van der Waals surface area (Å²) in [6, 6.07) is 0. The number of amides is 1. The van der Waals surface area contributed by atoms with Crippen LogP contribution in [0.2, 0.25) is 0 Å².